The minimum absolute atomic E-state index is 0.0158. The molecule has 3 heteroatoms. The Balaban J connectivity index is 2.33. The molecule has 0 saturated carbocycles. The van der Waals surface area contributed by atoms with Crippen molar-refractivity contribution < 1.29 is 9.84 Å². The molecule has 16 heavy (non-hydrogen) atoms. The van der Waals surface area contributed by atoms with Gasteiger partial charge in [-0.25, -0.2) is 0 Å². The standard InChI is InChI=1S/C13H15NO2/c1-13(2,9-15)16-11-5-6-12-10(8-11)4-3-7-14-12/h3-8,15H,9H2,1-2H3. The van der Waals surface area contributed by atoms with Crippen LogP contribution in [-0.2, 0) is 0 Å². The summed E-state index contributed by atoms with van der Waals surface area (Å²) < 4.78 is 5.68. The second-order valence-corrected chi connectivity index (χ2v) is 4.38. The molecule has 0 aliphatic rings. The Morgan fingerprint density at radius 1 is 1.31 bits per heavy atom. The van der Waals surface area contributed by atoms with E-state index in [0.29, 0.717) is 0 Å². The number of aromatic nitrogens is 1. The van der Waals surface area contributed by atoms with Crippen LogP contribution in [0.5, 0.6) is 5.75 Å². The smallest absolute Gasteiger partial charge is 0.126 e. The number of aliphatic hydroxyl groups excluding tert-OH is 1. The Morgan fingerprint density at radius 2 is 2.12 bits per heavy atom. The van der Waals surface area contributed by atoms with Gasteiger partial charge in [0.2, 0.25) is 0 Å². The number of rotatable bonds is 3. The number of fused-ring (bicyclic) bond motifs is 1. The molecule has 0 aliphatic carbocycles. The normalized spacial score (nSPS) is 11.7. The van der Waals surface area contributed by atoms with E-state index < -0.39 is 5.60 Å². The SMILES string of the molecule is CC(C)(CO)Oc1ccc2ncccc2c1. The zero-order valence-electron chi connectivity index (χ0n) is 9.47. The predicted octanol–water partition coefficient (Wildman–Crippen LogP) is 2.38. The summed E-state index contributed by atoms with van der Waals surface area (Å²) in [6.45, 7) is 3.68. The van der Waals surface area contributed by atoms with Gasteiger partial charge in [-0.2, -0.15) is 0 Å². The zero-order chi connectivity index (χ0) is 11.6. The molecule has 3 nitrogen and oxygen atoms in total. The van der Waals surface area contributed by atoms with E-state index in [-0.39, 0.29) is 6.61 Å². The lowest BCUT2D eigenvalue weighted by atomic mass is 10.1. The van der Waals surface area contributed by atoms with Crippen molar-refractivity contribution in [3.05, 3.63) is 36.5 Å². The van der Waals surface area contributed by atoms with Gasteiger partial charge in [-0.05, 0) is 38.1 Å². The van der Waals surface area contributed by atoms with Crippen molar-refractivity contribution in [2.24, 2.45) is 0 Å². The Kier molecular flexibility index (Phi) is 2.79. The van der Waals surface area contributed by atoms with Gasteiger partial charge in [-0.1, -0.05) is 6.07 Å². The quantitative estimate of drug-likeness (QED) is 0.858. The molecule has 2 rings (SSSR count). The predicted molar refractivity (Wildman–Crippen MR) is 63.5 cm³/mol. The number of benzene rings is 1. The van der Waals surface area contributed by atoms with E-state index in [4.69, 9.17) is 9.84 Å². The molecule has 2 aromatic rings. The monoisotopic (exact) mass is 217 g/mol. The fourth-order valence-corrected chi connectivity index (χ4v) is 1.47. The van der Waals surface area contributed by atoms with Crippen LogP contribution in [0, 0.1) is 0 Å². The molecule has 0 radical (unpaired) electrons. The molecule has 0 bridgehead atoms. The van der Waals surface area contributed by atoms with Crippen LogP contribution in [0.4, 0.5) is 0 Å². The number of hydrogen-bond acceptors (Lipinski definition) is 3. The van der Waals surface area contributed by atoms with E-state index in [1.165, 1.54) is 0 Å². The van der Waals surface area contributed by atoms with E-state index in [1.54, 1.807) is 6.20 Å². The van der Waals surface area contributed by atoms with Gasteiger partial charge >= 0.3 is 0 Å². The molecule has 1 heterocycles. The minimum atomic E-state index is -0.560. The topological polar surface area (TPSA) is 42.4 Å². The Morgan fingerprint density at radius 3 is 2.88 bits per heavy atom. The first-order valence-electron chi connectivity index (χ1n) is 5.25. The van der Waals surface area contributed by atoms with Gasteiger partial charge in [0.1, 0.15) is 11.4 Å². The zero-order valence-corrected chi connectivity index (χ0v) is 9.47. The summed E-state index contributed by atoms with van der Waals surface area (Å²) in [5.41, 5.74) is 0.382. The van der Waals surface area contributed by atoms with Gasteiger partial charge in [0.15, 0.2) is 0 Å². The van der Waals surface area contributed by atoms with Crippen LogP contribution in [0.3, 0.4) is 0 Å². The summed E-state index contributed by atoms with van der Waals surface area (Å²) in [6, 6.07) is 9.59. The lowest BCUT2D eigenvalue weighted by molar-refractivity contribution is 0.0414. The molecule has 0 saturated heterocycles. The maximum absolute atomic E-state index is 9.13. The van der Waals surface area contributed by atoms with Crippen LogP contribution in [0.1, 0.15) is 13.8 Å². The van der Waals surface area contributed by atoms with Crippen LogP contribution >= 0.6 is 0 Å². The average molecular weight is 217 g/mol. The van der Waals surface area contributed by atoms with E-state index in [0.717, 1.165) is 16.7 Å². The van der Waals surface area contributed by atoms with Gasteiger partial charge in [0.25, 0.3) is 0 Å². The fourth-order valence-electron chi connectivity index (χ4n) is 1.47. The van der Waals surface area contributed by atoms with Crippen molar-refractivity contribution in [3.63, 3.8) is 0 Å². The van der Waals surface area contributed by atoms with Crippen LogP contribution in [0.2, 0.25) is 0 Å². The van der Waals surface area contributed by atoms with Crippen molar-refractivity contribution in [3.8, 4) is 5.75 Å². The lowest BCUT2D eigenvalue weighted by Gasteiger charge is -2.23. The highest BCUT2D eigenvalue weighted by molar-refractivity contribution is 5.79. The number of nitrogens with zero attached hydrogens (tertiary/aromatic N) is 1. The molecule has 1 aromatic carbocycles. The van der Waals surface area contributed by atoms with Gasteiger partial charge in [-0.15, -0.1) is 0 Å². The Hall–Kier alpha value is -1.61. The first-order valence-corrected chi connectivity index (χ1v) is 5.25. The summed E-state index contributed by atoms with van der Waals surface area (Å²) in [4.78, 5) is 4.23. The van der Waals surface area contributed by atoms with Crippen LogP contribution in [0.25, 0.3) is 10.9 Å². The van der Waals surface area contributed by atoms with Crippen LogP contribution in [-0.4, -0.2) is 22.3 Å². The second-order valence-electron chi connectivity index (χ2n) is 4.38. The largest absolute Gasteiger partial charge is 0.485 e. The minimum Gasteiger partial charge on any atom is -0.485 e. The maximum Gasteiger partial charge on any atom is 0.126 e. The first-order chi connectivity index (χ1) is 7.61. The van der Waals surface area contributed by atoms with Crippen molar-refractivity contribution in [1.29, 1.82) is 0 Å². The van der Waals surface area contributed by atoms with Gasteiger partial charge < -0.3 is 9.84 Å². The molecule has 1 N–H and O–H groups in total. The van der Waals surface area contributed by atoms with Crippen LogP contribution in [0.15, 0.2) is 36.5 Å². The highest BCUT2D eigenvalue weighted by Gasteiger charge is 2.18. The highest BCUT2D eigenvalue weighted by Crippen LogP contribution is 2.22. The number of pyridine rings is 1. The molecular weight excluding hydrogens is 202 g/mol. The molecular formula is C13H15NO2. The highest BCUT2D eigenvalue weighted by atomic mass is 16.5. The maximum atomic E-state index is 9.13. The van der Waals surface area contributed by atoms with Gasteiger partial charge in [0, 0.05) is 11.6 Å². The molecule has 0 aliphatic heterocycles. The van der Waals surface area contributed by atoms with Gasteiger partial charge in [0.05, 0.1) is 12.1 Å². The molecule has 0 amide bonds. The van der Waals surface area contributed by atoms with Crippen LogP contribution < -0.4 is 4.74 Å². The molecule has 84 valence electrons. The third-order valence-corrected chi connectivity index (χ3v) is 2.35. The van der Waals surface area contributed by atoms with Crippen molar-refractivity contribution >= 4 is 10.9 Å². The molecule has 0 fully saturated rings. The molecule has 1 aromatic heterocycles. The van der Waals surface area contributed by atoms with Gasteiger partial charge in [-0.3, -0.25) is 4.98 Å². The fraction of sp³-hybridized carbons (Fsp3) is 0.308. The Labute approximate surface area is 94.7 Å². The van der Waals surface area contributed by atoms with E-state index in [9.17, 15) is 0 Å². The Bertz CT molecular complexity index is 494. The van der Waals surface area contributed by atoms with Crippen molar-refractivity contribution in [2.75, 3.05) is 6.61 Å². The second kappa shape index (κ2) is 4.10. The number of ether oxygens (including phenoxy) is 1. The number of aliphatic hydroxyl groups is 1. The summed E-state index contributed by atoms with van der Waals surface area (Å²) in [5.74, 6) is 0.750. The lowest BCUT2D eigenvalue weighted by Crippen LogP contribution is -2.32. The molecule has 0 spiro atoms. The summed E-state index contributed by atoms with van der Waals surface area (Å²) in [7, 11) is 0. The van der Waals surface area contributed by atoms with Crippen molar-refractivity contribution in [2.45, 2.75) is 19.4 Å². The average Bonchev–Trinajstić information content (AvgIpc) is 2.28. The molecule has 0 atom stereocenters. The van der Waals surface area contributed by atoms with Crippen molar-refractivity contribution in [1.82, 2.24) is 4.98 Å². The third-order valence-electron chi connectivity index (χ3n) is 2.35. The van der Waals surface area contributed by atoms with E-state index >= 15 is 0 Å². The molecule has 0 unspecified atom stereocenters. The third kappa shape index (κ3) is 2.31. The van der Waals surface area contributed by atoms with E-state index in [1.807, 2.05) is 44.2 Å². The summed E-state index contributed by atoms with van der Waals surface area (Å²) in [5, 5.41) is 10.2. The van der Waals surface area contributed by atoms with E-state index in [2.05, 4.69) is 4.98 Å². The number of hydrogen-bond donors (Lipinski definition) is 1. The first kappa shape index (κ1) is 10.9. The summed E-state index contributed by atoms with van der Waals surface area (Å²) in [6.07, 6.45) is 1.76. The summed E-state index contributed by atoms with van der Waals surface area (Å²) >= 11 is 0.